The van der Waals surface area contributed by atoms with Crippen LogP contribution >= 0.6 is 0 Å². The van der Waals surface area contributed by atoms with Gasteiger partial charge in [-0.3, -0.25) is 0 Å². The van der Waals surface area contributed by atoms with Gasteiger partial charge in [-0.05, 0) is 63.5 Å². The lowest BCUT2D eigenvalue weighted by Gasteiger charge is -2.34. The smallest absolute Gasteiger partial charge is 0.0223 e. The second kappa shape index (κ2) is 7.61. The van der Waals surface area contributed by atoms with Gasteiger partial charge in [-0.1, -0.05) is 31.4 Å². The number of nitrogens with one attached hydrogen (secondary N) is 1. The molecule has 1 N–H and O–H groups in total. The van der Waals surface area contributed by atoms with Crippen molar-refractivity contribution in [2.75, 3.05) is 26.2 Å². The molecule has 1 heterocycles. The van der Waals surface area contributed by atoms with Gasteiger partial charge in [0.25, 0.3) is 0 Å². The lowest BCUT2D eigenvalue weighted by atomic mass is 9.83. The van der Waals surface area contributed by atoms with Gasteiger partial charge in [0.2, 0.25) is 0 Å². The Hall–Kier alpha value is -0.340. The van der Waals surface area contributed by atoms with E-state index in [0.717, 1.165) is 17.9 Å². The molecule has 0 aromatic rings. The van der Waals surface area contributed by atoms with E-state index in [1.54, 1.807) is 0 Å². The maximum Gasteiger partial charge on any atom is 0.0223 e. The van der Waals surface area contributed by atoms with Crippen LogP contribution in [0.15, 0.2) is 12.2 Å². The van der Waals surface area contributed by atoms with Crippen molar-refractivity contribution in [3.8, 4) is 0 Å². The Balaban J connectivity index is 1.52. The normalized spacial score (nSPS) is 34.0. The van der Waals surface area contributed by atoms with Crippen LogP contribution in [-0.4, -0.2) is 37.1 Å². The molecular weight excluding hydrogens is 244 g/mol. The van der Waals surface area contributed by atoms with E-state index in [2.05, 4.69) is 22.4 Å². The summed E-state index contributed by atoms with van der Waals surface area (Å²) in [6.45, 7) is 5.21. The summed E-state index contributed by atoms with van der Waals surface area (Å²) in [4.78, 5) is 2.78. The predicted molar refractivity (Wildman–Crippen MR) is 85.9 cm³/mol. The van der Waals surface area contributed by atoms with Crippen LogP contribution in [0.25, 0.3) is 0 Å². The summed E-state index contributed by atoms with van der Waals surface area (Å²) in [5.41, 5.74) is 0. The van der Waals surface area contributed by atoms with Crippen LogP contribution in [-0.2, 0) is 0 Å². The minimum absolute atomic E-state index is 0.775. The predicted octanol–water partition coefficient (Wildman–Crippen LogP) is 3.59. The van der Waals surface area contributed by atoms with Gasteiger partial charge in [-0.25, -0.2) is 0 Å². The zero-order valence-corrected chi connectivity index (χ0v) is 13.0. The van der Waals surface area contributed by atoms with E-state index >= 15 is 0 Å². The first-order chi connectivity index (χ1) is 9.92. The molecule has 3 rings (SSSR count). The molecular formula is C18H32N2. The number of hydrogen-bond donors (Lipinski definition) is 1. The highest BCUT2D eigenvalue weighted by molar-refractivity contribution is 4.92. The third-order valence-electron chi connectivity index (χ3n) is 5.63. The number of allylic oxidation sites excluding steroid dienone is 2. The standard InChI is InChI=1S/C18H32N2/c1-3-8-16(9-4-1)14-20-13-7-12-19-18(15-20)17-10-5-2-6-11-17/h1,3,16-19H,2,4-15H2. The molecule has 1 aliphatic heterocycles. The van der Waals surface area contributed by atoms with Crippen LogP contribution in [0.5, 0.6) is 0 Å². The van der Waals surface area contributed by atoms with Crippen LogP contribution < -0.4 is 5.32 Å². The molecule has 2 atom stereocenters. The second-order valence-corrected chi connectivity index (χ2v) is 7.22. The molecule has 0 spiro atoms. The summed E-state index contributed by atoms with van der Waals surface area (Å²) in [7, 11) is 0. The van der Waals surface area contributed by atoms with Crippen molar-refractivity contribution in [1.82, 2.24) is 10.2 Å². The average molecular weight is 276 g/mol. The summed E-state index contributed by atoms with van der Waals surface area (Å²) in [5, 5.41) is 3.86. The van der Waals surface area contributed by atoms with Gasteiger partial charge in [0.15, 0.2) is 0 Å². The summed E-state index contributed by atoms with van der Waals surface area (Å²) in [6.07, 6.45) is 17.5. The van der Waals surface area contributed by atoms with E-state index in [4.69, 9.17) is 0 Å². The van der Waals surface area contributed by atoms with E-state index in [0.29, 0.717) is 0 Å². The maximum atomic E-state index is 3.86. The molecule has 0 amide bonds. The van der Waals surface area contributed by atoms with Crippen LogP contribution in [0.4, 0.5) is 0 Å². The minimum atomic E-state index is 0.775. The first kappa shape index (κ1) is 14.6. The SMILES string of the molecule is C1=CCC(CN2CCCNC(C3CCCCC3)C2)CC1. The zero-order chi connectivity index (χ0) is 13.6. The Morgan fingerprint density at radius 3 is 2.70 bits per heavy atom. The third kappa shape index (κ3) is 4.08. The second-order valence-electron chi connectivity index (χ2n) is 7.22. The Morgan fingerprint density at radius 2 is 1.90 bits per heavy atom. The van der Waals surface area contributed by atoms with Gasteiger partial charge in [-0.15, -0.1) is 0 Å². The molecule has 1 saturated carbocycles. The Kier molecular flexibility index (Phi) is 5.55. The van der Waals surface area contributed by atoms with Gasteiger partial charge in [0, 0.05) is 19.1 Å². The van der Waals surface area contributed by atoms with Gasteiger partial charge in [-0.2, -0.15) is 0 Å². The van der Waals surface area contributed by atoms with Crippen LogP contribution in [0.1, 0.15) is 57.8 Å². The van der Waals surface area contributed by atoms with Crippen LogP contribution in [0.3, 0.4) is 0 Å². The molecule has 0 aromatic carbocycles. The lowest BCUT2D eigenvalue weighted by Crippen LogP contribution is -2.44. The first-order valence-corrected chi connectivity index (χ1v) is 9.02. The van der Waals surface area contributed by atoms with Crippen molar-refractivity contribution in [3.63, 3.8) is 0 Å². The highest BCUT2D eigenvalue weighted by Crippen LogP contribution is 2.28. The number of nitrogens with zero attached hydrogens (tertiary/aromatic N) is 1. The lowest BCUT2D eigenvalue weighted by molar-refractivity contribution is 0.182. The largest absolute Gasteiger partial charge is 0.312 e. The summed E-state index contributed by atoms with van der Waals surface area (Å²) < 4.78 is 0. The fraction of sp³-hybridized carbons (Fsp3) is 0.889. The van der Waals surface area contributed by atoms with E-state index in [1.807, 2.05) is 0 Å². The highest BCUT2D eigenvalue weighted by atomic mass is 15.2. The molecule has 20 heavy (non-hydrogen) atoms. The van der Waals surface area contributed by atoms with Crippen molar-refractivity contribution >= 4 is 0 Å². The van der Waals surface area contributed by atoms with Crippen molar-refractivity contribution in [2.45, 2.75) is 63.8 Å². The highest BCUT2D eigenvalue weighted by Gasteiger charge is 2.27. The minimum Gasteiger partial charge on any atom is -0.312 e. The molecule has 2 heteroatoms. The van der Waals surface area contributed by atoms with Gasteiger partial charge < -0.3 is 10.2 Å². The van der Waals surface area contributed by atoms with Crippen molar-refractivity contribution in [3.05, 3.63) is 12.2 Å². The number of hydrogen-bond acceptors (Lipinski definition) is 2. The summed E-state index contributed by atoms with van der Waals surface area (Å²) in [6, 6.07) is 0.775. The van der Waals surface area contributed by atoms with E-state index in [1.165, 1.54) is 84.0 Å². The Bertz CT molecular complexity index is 307. The number of rotatable bonds is 3. The molecule has 3 aliphatic rings. The van der Waals surface area contributed by atoms with Gasteiger partial charge in [0.1, 0.15) is 0 Å². The molecule has 2 fully saturated rings. The molecule has 2 aliphatic carbocycles. The Morgan fingerprint density at radius 1 is 1.00 bits per heavy atom. The Labute approximate surface area is 125 Å². The molecule has 0 bridgehead atoms. The maximum absolute atomic E-state index is 3.86. The van der Waals surface area contributed by atoms with E-state index < -0.39 is 0 Å². The molecule has 0 aromatic heterocycles. The van der Waals surface area contributed by atoms with Gasteiger partial charge >= 0.3 is 0 Å². The quantitative estimate of drug-likeness (QED) is 0.793. The summed E-state index contributed by atoms with van der Waals surface area (Å²) >= 11 is 0. The molecule has 114 valence electrons. The van der Waals surface area contributed by atoms with Crippen LogP contribution in [0.2, 0.25) is 0 Å². The first-order valence-electron chi connectivity index (χ1n) is 9.02. The van der Waals surface area contributed by atoms with Gasteiger partial charge in [0.05, 0.1) is 0 Å². The molecule has 0 radical (unpaired) electrons. The zero-order valence-electron chi connectivity index (χ0n) is 13.0. The van der Waals surface area contributed by atoms with E-state index in [-0.39, 0.29) is 0 Å². The monoisotopic (exact) mass is 276 g/mol. The summed E-state index contributed by atoms with van der Waals surface area (Å²) in [5.74, 6) is 1.88. The third-order valence-corrected chi connectivity index (χ3v) is 5.63. The van der Waals surface area contributed by atoms with E-state index in [9.17, 15) is 0 Å². The van der Waals surface area contributed by atoms with Crippen molar-refractivity contribution in [2.24, 2.45) is 11.8 Å². The van der Waals surface area contributed by atoms with Crippen LogP contribution in [0, 0.1) is 11.8 Å². The fourth-order valence-electron chi connectivity index (χ4n) is 4.43. The molecule has 2 unspecified atom stereocenters. The van der Waals surface area contributed by atoms with Crippen molar-refractivity contribution < 1.29 is 0 Å². The average Bonchev–Trinajstić information content (AvgIpc) is 2.75. The topological polar surface area (TPSA) is 15.3 Å². The van der Waals surface area contributed by atoms with Crippen molar-refractivity contribution in [1.29, 1.82) is 0 Å². The molecule has 1 saturated heterocycles. The fourth-order valence-corrected chi connectivity index (χ4v) is 4.43. The molecule has 2 nitrogen and oxygen atoms in total.